The predicted octanol–water partition coefficient (Wildman–Crippen LogP) is 0.872. The van der Waals surface area contributed by atoms with Gasteiger partial charge in [0.25, 0.3) is 5.56 Å². The highest BCUT2D eigenvalue weighted by Gasteiger charge is 2.00. The second kappa shape index (κ2) is 4.85. The first-order chi connectivity index (χ1) is 9.33. The molecule has 0 radical (unpaired) electrons. The molecule has 0 aliphatic heterocycles. The second-order valence-corrected chi connectivity index (χ2v) is 4.05. The average Bonchev–Trinajstić information content (AvgIpc) is 2.96. The molecule has 0 aliphatic carbocycles. The average molecular weight is 253 g/mol. The van der Waals surface area contributed by atoms with Crippen molar-refractivity contribution in [2.45, 2.75) is 6.54 Å². The van der Waals surface area contributed by atoms with E-state index >= 15 is 0 Å². The molecule has 19 heavy (non-hydrogen) atoms. The molecule has 94 valence electrons. The van der Waals surface area contributed by atoms with Crippen LogP contribution in [0.4, 0.5) is 0 Å². The summed E-state index contributed by atoms with van der Waals surface area (Å²) in [6.45, 7) is 0.504. The Morgan fingerprint density at radius 3 is 2.53 bits per heavy atom. The molecule has 1 aromatic carbocycles. The highest BCUT2D eigenvalue weighted by Crippen LogP contribution is 2.08. The molecule has 0 spiro atoms. The van der Waals surface area contributed by atoms with E-state index in [1.807, 2.05) is 24.3 Å². The van der Waals surface area contributed by atoms with Crippen LogP contribution >= 0.6 is 0 Å². The lowest BCUT2D eigenvalue weighted by Crippen LogP contribution is -2.19. The SMILES string of the molecule is O=c1ccncn1Cc1ccc(-n2cncn2)cc1. The van der Waals surface area contributed by atoms with Gasteiger partial charge in [-0.3, -0.25) is 9.36 Å². The van der Waals surface area contributed by atoms with Gasteiger partial charge in [0.05, 0.1) is 18.6 Å². The highest BCUT2D eigenvalue weighted by atomic mass is 16.1. The minimum Gasteiger partial charge on any atom is -0.295 e. The Morgan fingerprint density at radius 2 is 1.84 bits per heavy atom. The summed E-state index contributed by atoms with van der Waals surface area (Å²) in [4.78, 5) is 19.4. The Labute approximate surface area is 109 Å². The third-order valence-corrected chi connectivity index (χ3v) is 2.76. The Morgan fingerprint density at radius 1 is 1.00 bits per heavy atom. The minimum absolute atomic E-state index is 0.0599. The van der Waals surface area contributed by atoms with Crippen LogP contribution in [0.2, 0.25) is 0 Å². The van der Waals surface area contributed by atoms with Crippen LogP contribution in [-0.2, 0) is 6.54 Å². The van der Waals surface area contributed by atoms with E-state index in [1.54, 1.807) is 15.6 Å². The van der Waals surface area contributed by atoms with Gasteiger partial charge >= 0.3 is 0 Å². The standard InChI is InChI=1S/C13H11N5O/c19-13-5-6-14-9-17(13)7-11-1-3-12(4-2-11)18-10-15-8-16-18/h1-6,8-10H,7H2. The van der Waals surface area contributed by atoms with Crippen LogP contribution in [0, 0.1) is 0 Å². The van der Waals surface area contributed by atoms with Gasteiger partial charge in [0, 0.05) is 12.3 Å². The second-order valence-electron chi connectivity index (χ2n) is 4.05. The number of rotatable bonds is 3. The van der Waals surface area contributed by atoms with Crippen molar-refractivity contribution < 1.29 is 0 Å². The summed E-state index contributed by atoms with van der Waals surface area (Å²) in [5.74, 6) is 0. The molecular formula is C13H11N5O. The zero-order valence-electron chi connectivity index (χ0n) is 10.0. The summed E-state index contributed by atoms with van der Waals surface area (Å²) >= 11 is 0. The Balaban J connectivity index is 1.84. The van der Waals surface area contributed by atoms with Crippen LogP contribution in [0.5, 0.6) is 0 Å². The minimum atomic E-state index is -0.0599. The fraction of sp³-hybridized carbons (Fsp3) is 0.0769. The van der Waals surface area contributed by atoms with Crippen LogP contribution in [0.25, 0.3) is 5.69 Å². The molecule has 6 heteroatoms. The van der Waals surface area contributed by atoms with Crippen molar-refractivity contribution >= 4 is 0 Å². The molecule has 0 atom stereocenters. The molecule has 6 nitrogen and oxygen atoms in total. The monoisotopic (exact) mass is 253 g/mol. The molecule has 2 aromatic heterocycles. The van der Waals surface area contributed by atoms with Gasteiger partial charge < -0.3 is 0 Å². The van der Waals surface area contributed by atoms with Crippen molar-refractivity contribution in [2.75, 3.05) is 0 Å². The first-order valence-corrected chi connectivity index (χ1v) is 5.77. The van der Waals surface area contributed by atoms with Crippen molar-refractivity contribution in [1.82, 2.24) is 24.3 Å². The van der Waals surface area contributed by atoms with E-state index in [-0.39, 0.29) is 5.56 Å². The molecule has 0 amide bonds. The largest absolute Gasteiger partial charge is 0.295 e. The zero-order chi connectivity index (χ0) is 13.1. The molecule has 3 rings (SSSR count). The third kappa shape index (κ3) is 2.42. The summed E-state index contributed by atoms with van der Waals surface area (Å²) in [7, 11) is 0. The molecule has 0 N–H and O–H groups in total. The van der Waals surface area contributed by atoms with E-state index in [9.17, 15) is 4.79 Å². The van der Waals surface area contributed by atoms with Gasteiger partial charge in [-0.1, -0.05) is 12.1 Å². The lowest BCUT2D eigenvalue weighted by molar-refractivity contribution is 0.735. The third-order valence-electron chi connectivity index (χ3n) is 2.76. The maximum Gasteiger partial charge on any atom is 0.253 e. The van der Waals surface area contributed by atoms with E-state index in [1.165, 1.54) is 24.9 Å². The van der Waals surface area contributed by atoms with Crippen LogP contribution in [0.3, 0.4) is 0 Å². The molecular weight excluding hydrogens is 242 g/mol. The molecule has 0 bridgehead atoms. The van der Waals surface area contributed by atoms with Gasteiger partial charge in [0.1, 0.15) is 12.7 Å². The first kappa shape index (κ1) is 11.3. The van der Waals surface area contributed by atoms with Gasteiger partial charge in [0.15, 0.2) is 0 Å². The van der Waals surface area contributed by atoms with E-state index in [2.05, 4.69) is 15.1 Å². The zero-order valence-corrected chi connectivity index (χ0v) is 10.0. The van der Waals surface area contributed by atoms with Gasteiger partial charge in [-0.05, 0) is 17.7 Å². The summed E-state index contributed by atoms with van der Waals surface area (Å²) < 4.78 is 3.24. The Bertz CT molecular complexity index is 715. The summed E-state index contributed by atoms with van der Waals surface area (Å²) in [6, 6.07) is 9.23. The number of benzene rings is 1. The van der Waals surface area contributed by atoms with Crippen LogP contribution in [0.15, 0.2) is 60.3 Å². The maximum absolute atomic E-state index is 11.6. The van der Waals surface area contributed by atoms with E-state index in [0.717, 1.165) is 11.3 Å². The first-order valence-electron chi connectivity index (χ1n) is 5.77. The van der Waals surface area contributed by atoms with Gasteiger partial charge in [0.2, 0.25) is 0 Å². The topological polar surface area (TPSA) is 65.6 Å². The number of hydrogen-bond acceptors (Lipinski definition) is 4. The lowest BCUT2D eigenvalue weighted by atomic mass is 10.2. The smallest absolute Gasteiger partial charge is 0.253 e. The van der Waals surface area contributed by atoms with Crippen LogP contribution in [0.1, 0.15) is 5.56 Å². The number of nitrogens with zero attached hydrogens (tertiary/aromatic N) is 5. The van der Waals surface area contributed by atoms with E-state index in [0.29, 0.717) is 6.54 Å². The summed E-state index contributed by atoms with van der Waals surface area (Å²) in [5.41, 5.74) is 1.90. The van der Waals surface area contributed by atoms with Gasteiger partial charge in [-0.15, -0.1) is 0 Å². The Hall–Kier alpha value is -2.76. The van der Waals surface area contributed by atoms with Crippen molar-refractivity contribution in [1.29, 1.82) is 0 Å². The molecule has 2 heterocycles. The predicted molar refractivity (Wildman–Crippen MR) is 69.0 cm³/mol. The quantitative estimate of drug-likeness (QED) is 0.694. The molecule has 0 saturated heterocycles. The maximum atomic E-state index is 11.6. The normalized spacial score (nSPS) is 10.5. The van der Waals surface area contributed by atoms with Crippen molar-refractivity contribution in [3.8, 4) is 5.69 Å². The van der Waals surface area contributed by atoms with E-state index in [4.69, 9.17) is 0 Å². The highest BCUT2D eigenvalue weighted by molar-refractivity contribution is 5.33. The molecule has 0 unspecified atom stereocenters. The van der Waals surface area contributed by atoms with Crippen LogP contribution in [-0.4, -0.2) is 24.3 Å². The van der Waals surface area contributed by atoms with Crippen molar-refractivity contribution in [3.05, 3.63) is 71.4 Å². The lowest BCUT2D eigenvalue weighted by Gasteiger charge is -2.06. The van der Waals surface area contributed by atoms with Gasteiger partial charge in [-0.25, -0.2) is 14.6 Å². The van der Waals surface area contributed by atoms with Crippen molar-refractivity contribution in [2.24, 2.45) is 0 Å². The van der Waals surface area contributed by atoms with Gasteiger partial charge in [-0.2, -0.15) is 5.10 Å². The fourth-order valence-electron chi connectivity index (χ4n) is 1.79. The van der Waals surface area contributed by atoms with E-state index < -0.39 is 0 Å². The molecule has 0 aliphatic rings. The molecule has 3 aromatic rings. The van der Waals surface area contributed by atoms with Crippen LogP contribution < -0.4 is 5.56 Å². The summed E-state index contributed by atoms with van der Waals surface area (Å²) in [6.07, 6.45) is 6.16. The Kier molecular flexibility index (Phi) is 2.89. The fourth-order valence-corrected chi connectivity index (χ4v) is 1.79. The summed E-state index contributed by atoms with van der Waals surface area (Å²) in [5, 5.41) is 4.05. The van der Waals surface area contributed by atoms with Crippen molar-refractivity contribution in [3.63, 3.8) is 0 Å². The number of hydrogen-bond donors (Lipinski definition) is 0. The molecule has 0 saturated carbocycles. The number of aromatic nitrogens is 5. The molecule has 0 fully saturated rings.